The molecule has 2 fully saturated rings. The lowest BCUT2D eigenvalue weighted by Crippen LogP contribution is -2.40. The highest BCUT2D eigenvalue weighted by Gasteiger charge is 2.35. The smallest absolute Gasteiger partial charge is 0.224 e. The standard InChI is InChI=1S/C13H24N2O/c1-9-7-14-8-11(9)12(16)15-10-4-5-13(2,3)6-10/h9-11,14H,4-8H2,1-3H3,(H,15,16)/t9-,10?,11-/m1/s1. The average Bonchev–Trinajstić information content (AvgIpc) is 2.72. The Bertz CT molecular complexity index is 275. The Labute approximate surface area is 98.4 Å². The Hall–Kier alpha value is -0.570. The molecule has 0 spiro atoms. The maximum Gasteiger partial charge on any atom is 0.224 e. The molecule has 1 unspecified atom stereocenters. The van der Waals surface area contributed by atoms with Crippen LogP contribution in [0.2, 0.25) is 0 Å². The summed E-state index contributed by atoms with van der Waals surface area (Å²) in [6, 6.07) is 0.412. The Morgan fingerprint density at radius 2 is 2.12 bits per heavy atom. The van der Waals surface area contributed by atoms with Crippen LogP contribution in [0.1, 0.15) is 40.0 Å². The van der Waals surface area contributed by atoms with Crippen molar-refractivity contribution in [2.75, 3.05) is 13.1 Å². The van der Waals surface area contributed by atoms with E-state index < -0.39 is 0 Å². The minimum absolute atomic E-state index is 0.184. The lowest BCUT2D eigenvalue weighted by atomic mass is 9.91. The van der Waals surface area contributed by atoms with Gasteiger partial charge in [0.15, 0.2) is 0 Å². The van der Waals surface area contributed by atoms with Crippen LogP contribution in [0, 0.1) is 17.3 Å². The lowest BCUT2D eigenvalue weighted by Gasteiger charge is -2.20. The van der Waals surface area contributed by atoms with E-state index in [0.717, 1.165) is 25.9 Å². The zero-order valence-corrected chi connectivity index (χ0v) is 10.7. The zero-order chi connectivity index (χ0) is 11.8. The van der Waals surface area contributed by atoms with Crippen molar-refractivity contribution < 1.29 is 4.79 Å². The predicted octanol–water partition coefficient (Wildman–Crippen LogP) is 1.54. The van der Waals surface area contributed by atoms with E-state index in [2.05, 4.69) is 31.4 Å². The fourth-order valence-corrected chi connectivity index (χ4v) is 3.03. The number of amides is 1. The minimum atomic E-state index is 0.184. The SMILES string of the molecule is C[C@@H]1CNC[C@H]1C(=O)NC1CCC(C)(C)C1. The van der Waals surface area contributed by atoms with Crippen LogP contribution in [0.5, 0.6) is 0 Å². The fourth-order valence-electron chi connectivity index (χ4n) is 3.03. The van der Waals surface area contributed by atoms with E-state index in [1.165, 1.54) is 6.42 Å². The highest BCUT2D eigenvalue weighted by molar-refractivity contribution is 5.79. The number of hydrogen-bond donors (Lipinski definition) is 2. The zero-order valence-electron chi connectivity index (χ0n) is 10.7. The van der Waals surface area contributed by atoms with E-state index in [0.29, 0.717) is 17.4 Å². The van der Waals surface area contributed by atoms with Crippen molar-refractivity contribution in [2.24, 2.45) is 17.3 Å². The highest BCUT2D eigenvalue weighted by Crippen LogP contribution is 2.37. The van der Waals surface area contributed by atoms with Crippen LogP contribution in [0.25, 0.3) is 0 Å². The van der Waals surface area contributed by atoms with Crippen molar-refractivity contribution in [2.45, 2.75) is 46.1 Å². The van der Waals surface area contributed by atoms with Gasteiger partial charge in [0, 0.05) is 12.6 Å². The molecule has 2 aliphatic rings. The van der Waals surface area contributed by atoms with Crippen LogP contribution in [0.4, 0.5) is 0 Å². The summed E-state index contributed by atoms with van der Waals surface area (Å²) in [5.41, 5.74) is 0.414. The second kappa shape index (κ2) is 4.36. The van der Waals surface area contributed by atoms with Crippen molar-refractivity contribution in [1.82, 2.24) is 10.6 Å². The van der Waals surface area contributed by atoms with Crippen LogP contribution >= 0.6 is 0 Å². The number of carbonyl (C=O) groups excluding carboxylic acids is 1. The summed E-state index contributed by atoms with van der Waals surface area (Å²) in [4.78, 5) is 12.1. The Morgan fingerprint density at radius 1 is 1.38 bits per heavy atom. The fraction of sp³-hybridized carbons (Fsp3) is 0.923. The summed E-state index contributed by atoms with van der Waals surface area (Å²) in [7, 11) is 0. The Kier molecular flexibility index (Phi) is 3.24. The van der Waals surface area contributed by atoms with Gasteiger partial charge in [-0.1, -0.05) is 20.8 Å². The van der Waals surface area contributed by atoms with Crippen molar-refractivity contribution >= 4 is 5.91 Å². The minimum Gasteiger partial charge on any atom is -0.353 e. The quantitative estimate of drug-likeness (QED) is 0.747. The molecule has 0 aromatic rings. The predicted molar refractivity (Wildman–Crippen MR) is 65.1 cm³/mol. The summed E-state index contributed by atoms with van der Waals surface area (Å²) in [6.07, 6.45) is 3.51. The largest absolute Gasteiger partial charge is 0.353 e. The Morgan fingerprint density at radius 3 is 2.62 bits per heavy atom. The van der Waals surface area contributed by atoms with Gasteiger partial charge in [-0.25, -0.2) is 0 Å². The topological polar surface area (TPSA) is 41.1 Å². The van der Waals surface area contributed by atoms with Gasteiger partial charge in [-0.3, -0.25) is 4.79 Å². The van der Waals surface area contributed by atoms with Crippen molar-refractivity contribution in [3.05, 3.63) is 0 Å². The molecule has 1 aliphatic carbocycles. The second-order valence-corrected chi connectivity index (χ2v) is 6.35. The molecule has 1 amide bonds. The number of rotatable bonds is 2. The number of hydrogen-bond acceptors (Lipinski definition) is 2. The molecule has 0 aromatic heterocycles. The summed E-state index contributed by atoms with van der Waals surface area (Å²) in [5.74, 6) is 0.929. The number of nitrogens with one attached hydrogen (secondary N) is 2. The second-order valence-electron chi connectivity index (χ2n) is 6.35. The van der Waals surface area contributed by atoms with Gasteiger partial charge < -0.3 is 10.6 Å². The van der Waals surface area contributed by atoms with Crippen LogP contribution in [-0.2, 0) is 4.79 Å². The molecule has 2 rings (SSSR count). The molecule has 1 heterocycles. The third kappa shape index (κ3) is 2.57. The molecule has 92 valence electrons. The van der Waals surface area contributed by atoms with Crippen LogP contribution in [0.3, 0.4) is 0 Å². The maximum absolute atomic E-state index is 12.1. The first-order chi connectivity index (χ1) is 7.48. The molecule has 16 heavy (non-hydrogen) atoms. The maximum atomic E-state index is 12.1. The highest BCUT2D eigenvalue weighted by atomic mass is 16.2. The Balaban J connectivity index is 1.84. The van der Waals surface area contributed by atoms with Gasteiger partial charge in [0.2, 0.25) is 5.91 Å². The van der Waals surface area contributed by atoms with E-state index in [-0.39, 0.29) is 11.8 Å². The van der Waals surface area contributed by atoms with E-state index in [1.807, 2.05) is 0 Å². The third-order valence-electron chi connectivity index (χ3n) is 4.17. The molecule has 2 N–H and O–H groups in total. The van der Waals surface area contributed by atoms with Gasteiger partial charge in [-0.05, 0) is 37.1 Å². The first kappa shape index (κ1) is 11.9. The molecule has 0 bridgehead atoms. The molecule has 1 aliphatic heterocycles. The first-order valence-corrected chi connectivity index (χ1v) is 6.49. The summed E-state index contributed by atoms with van der Waals surface area (Å²) < 4.78 is 0. The van der Waals surface area contributed by atoms with E-state index in [4.69, 9.17) is 0 Å². The van der Waals surface area contributed by atoms with Crippen molar-refractivity contribution in [3.8, 4) is 0 Å². The van der Waals surface area contributed by atoms with E-state index in [1.54, 1.807) is 0 Å². The van der Waals surface area contributed by atoms with Gasteiger partial charge in [-0.2, -0.15) is 0 Å². The lowest BCUT2D eigenvalue weighted by molar-refractivity contribution is -0.126. The average molecular weight is 224 g/mol. The molecular weight excluding hydrogens is 200 g/mol. The molecule has 0 radical (unpaired) electrons. The van der Waals surface area contributed by atoms with Crippen LogP contribution < -0.4 is 10.6 Å². The van der Waals surface area contributed by atoms with Gasteiger partial charge in [-0.15, -0.1) is 0 Å². The van der Waals surface area contributed by atoms with Crippen molar-refractivity contribution in [1.29, 1.82) is 0 Å². The third-order valence-corrected chi connectivity index (χ3v) is 4.17. The normalized spacial score (nSPS) is 37.6. The van der Waals surface area contributed by atoms with Crippen molar-refractivity contribution in [3.63, 3.8) is 0 Å². The first-order valence-electron chi connectivity index (χ1n) is 6.49. The molecule has 3 atom stereocenters. The molecule has 3 nitrogen and oxygen atoms in total. The van der Waals surface area contributed by atoms with E-state index >= 15 is 0 Å². The molecular formula is C13H24N2O. The van der Waals surface area contributed by atoms with Gasteiger partial charge in [0.1, 0.15) is 0 Å². The van der Waals surface area contributed by atoms with Gasteiger partial charge in [0.05, 0.1) is 5.92 Å². The van der Waals surface area contributed by atoms with E-state index in [9.17, 15) is 4.79 Å². The summed E-state index contributed by atoms with van der Waals surface area (Å²) in [6.45, 7) is 8.57. The summed E-state index contributed by atoms with van der Waals surface area (Å²) in [5, 5.41) is 6.51. The molecule has 1 saturated carbocycles. The molecule has 1 saturated heterocycles. The monoisotopic (exact) mass is 224 g/mol. The van der Waals surface area contributed by atoms with Crippen LogP contribution in [-0.4, -0.2) is 25.0 Å². The summed E-state index contributed by atoms with van der Waals surface area (Å²) >= 11 is 0. The van der Waals surface area contributed by atoms with Gasteiger partial charge >= 0.3 is 0 Å². The molecule has 0 aromatic carbocycles. The number of carbonyl (C=O) groups is 1. The molecule has 3 heteroatoms. The van der Waals surface area contributed by atoms with Crippen LogP contribution in [0.15, 0.2) is 0 Å². The van der Waals surface area contributed by atoms with Gasteiger partial charge in [0.25, 0.3) is 0 Å².